The van der Waals surface area contributed by atoms with Gasteiger partial charge in [0.1, 0.15) is 18.3 Å². The fourth-order valence-corrected chi connectivity index (χ4v) is 4.71. The summed E-state index contributed by atoms with van der Waals surface area (Å²) < 4.78 is 23.1. The van der Waals surface area contributed by atoms with Gasteiger partial charge in [-0.15, -0.1) is 0 Å². The predicted molar refractivity (Wildman–Crippen MR) is 121 cm³/mol. The van der Waals surface area contributed by atoms with Crippen LogP contribution in [0.4, 0.5) is 5.69 Å². The van der Waals surface area contributed by atoms with Crippen LogP contribution in [0.3, 0.4) is 0 Å². The number of rotatable bonds is 6. The highest BCUT2D eigenvalue weighted by Gasteiger charge is 2.60. The van der Waals surface area contributed by atoms with Crippen molar-refractivity contribution in [3.8, 4) is 17.2 Å². The smallest absolute Gasteiger partial charge is 0.317 e. The van der Waals surface area contributed by atoms with Crippen LogP contribution in [-0.2, 0) is 9.53 Å². The van der Waals surface area contributed by atoms with E-state index in [0.29, 0.717) is 28.0 Å². The fraction of sp³-hybridized carbons (Fsp3) is 0.304. The lowest BCUT2D eigenvalue weighted by Gasteiger charge is -2.55. The van der Waals surface area contributed by atoms with Crippen molar-refractivity contribution < 1.29 is 23.7 Å². The zero-order chi connectivity index (χ0) is 22.2. The SMILES string of the molecule is C=CCOC(=O)[C@@H]1[C@@H]2NC(=S)N(c3ccccc3OC)[C@]1(C)Oc1c(OC)cccc12. The van der Waals surface area contributed by atoms with Crippen LogP contribution < -0.4 is 24.4 Å². The molecule has 4 rings (SSSR count). The number of carbonyl (C=O) groups is 1. The largest absolute Gasteiger partial charge is 0.495 e. The first-order valence-corrected chi connectivity index (χ1v) is 10.2. The number of fused-ring (bicyclic) bond motifs is 4. The van der Waals surface area contributed by atoms with Crippen molar-refractivity contribution in [2.45, 2.75) is 18.7 Å². The minimum atomic E-state index is -1.21. The average molecular weight is 441 g/mol. The molecule has 0 unspecified atom stereocenters. The number of hydrogen-bond acceptors (Lipinski definition) is 6. The second-order valence-electron chi connectivity index (χ2n) is 7.37. The lowest BCUT2D eigenvalue weighted by atomic mass is 9.79. The van der Waals surface area contributed by atoms with Crippen molar-refractivity contribution >= 4 is 29.0 Å². The monoisotopic (exact) mass is 440 g/mol. The molecule has 1 N–H and O–H groups in total. The number of anilines is 1. The predicted octanol–water partition coefficient (Wildman–Crippen LogP) is 3.59. The lowest BCUT2D eigenvalue weighted by Crippen LogP contribution is -2.71. The van der Waals surface area contributed by atoms with E-state index in [0.717, 1.165) is 5.56 Å². The summed E-state index contributed by atoms with van der Waals surface area (Å²) in [7, 11) is 3.16. The molecule has 3 atom stereocenters. The van der Waals surface area contributed by atoms with Crippen molar-refractivity contribution in [3.63, 3.8) is 0 Å². The third kappa shape index (κ3) is 3.27. The van der Waals surface area contributed by atoms with E-state index in [1.54, 1.807) is 19.1 Å². The van der Waals surface area contributed by atoms with Gasteiger partial charge in [0, 0.05) is 5.56 Å². The van der Waals surface area contributed by atoms with Gasteiger partial charge in [-0.25, -0.2) is 0 Å². The summed E-state index contributed by atoms with van der Waals surface area (Å²) >= 11 is 5.74. The van der Waals surface area contributed by atoms with Gasteiger partial charge in [-0.05, 0) is 37.3 Å². The Hall–Kier alpha value is -3.26. The molecule has 1 saturated heterocycles. The van der Waals surface area contributed by atoms with Gasteiger partial charge in [0.05, 0.1) is 25.9 Å². The van der Waals surface area contributed by atoms with E-state index in [2.05, 4.69) is 11.9 Å². The number of carbonyl (C=O) groups excluding carboxylic acids is 1. The molecule has 8 heteroatoms. The Morgan fingerprint density at radius 1 is 1.23 bits per heavy atom. The van der Waals surface area contributed by atoms with Crippen LogP contribution in [0.1, 0.15) is 18.5 Å². The van der Waals surface area contributed by atoms with Crippen molar-refractivity contribution in [1.82, 2.24) is 5.32 Å². The van der Waals surface area contributed by atoms with E-state index in [-0.39, 0.29) is 6.61 Å². The summed E-state index contributed by atoms with van der Waals surface area (Å²) in [5, 5.41) is 3.74. The Bertz CT molecular complexity index is 1040. The molecule has 0 amide bonds. The molecule has 2 aromatic rings. The molecule has 2 aliphatic heterocycles. The first-order valence-electron chi connectivity index (χ1n) is 9.83. The van der Waals surface area contributed by atoms with E-state index in [4.69, 9.17) is 31.2 Å². The number of methoxy groups -OCH3 is 2. The zero-order valence-corrected chi connectivity index (χ0v) is 18.4. The van der Waals surface area contributed by atoms with Crippen LogP contribution in [0.5, 0.6) is 17.2 Å². The summed E-state index contributed by atoms with van der Waals surface area (Å²) in [5.74, 6) is 0.569. The molecule has 31 heavy (non-hydrogen) atoms. The minimum absolute atomic E-state index is 0.0994. The highest BCUT2D eigenvalue weighted by Crippen LogP contribution is 2.53. The normalized spacial score (nSPS) is 23.7. The van der Waals surface area contributed by atoms with Crippen LogP contribution in [0.15, 0.2) is 55.1 Å². The molecule has 0 spiro atoms. The molecule has 2 aliphatic rings. The lowest BCUT2D eigenvalue weighted by molar-refractivity contribution is -0.159. The Balaban J connectivity index is 1.92. The van der Waals surface area contributed by atoms with Crippen LogP contribution in [0.25, 0.3) is 0 Å². The molecule has 162 valence electrons. The maximum absolute atomic E-state index is 13.3. The van der Waals surface area contributed by atoms with Gasteiger partial charge in [0.25, 0.3) is 0 Å². The van der Waals surface area contributed by atoms with Gasteiger partial charge in [-0.2, -0.15) is 0 Å². The summed E-state index contributed by atoms with van der Waals surface area (Å²) in [6, 6.07) is 12.5. The van der Waals surface area contributed by atoms with Gasteiger partial charge < -0.3 is 24.3 Å². The highest BCUT2D eigenvalue weighted by atomic mass is 32.1. The standard InChI is InChI=1S/C23H24N2O5S/c1-5-13-29-21(26)18-19-14-9-8-12-17(28-4)20(14)30-23(18,2)25(22(31)24-19)15-10-6-7-11-16(15)27-3/h5-12,18-19H,1,13H2,2-4H3,(H,24,31)/t18-,19+,23+/m0/s1. The first kappa shape index (κ1) is 21.0. The number of benzene rings is 2. The van der Waals surface area contributed by atoms with E-state index < -0.39 is 23.7 Å². The summed E-state index contributed by atoms with van der Waals surface area (Å²) in [6.45, 7) is 5.56. The summed E-state index contributed by atoms with van der Waals surface area (Å²) in [6.07, 6.45) is 1.53. The molecule has 0 saturated carbocycles. The zero-order valence-electron chi connectivity index (χ0n) is 17.6. The highest BCUT2D eigenvalue weighted by molar-refractivity contribution is 7.80. The molecular weight excluding hydrogens is 416 g/mol. The van der Waals surface area contributed by atoms with Crippen LogP contribution in [0, 0.1) is 5.92 Å². The van der Waals surface area contributed by atoms with Gasteiger partial charge >= 0.3 is 5.97 Å². The van der Waals surface area contributed by atoms with Crippen LogP contribution in [-0.4, -0.2) is 37.6 Å². The first-order chi connectivity index (χ1) is 15.0. The molecule has 7 nitrogen and oxygen atoms in total. The maximum Gasteiger partial charge on any atom is 0.317 e. The number of nitrogens with zero attached hydrogens (tertiary/aromatic N) is 1. The van der Waals surface area contributed by atoms with E-state index in [1.165, 1.54) is 6.08 Å². The van der Waals surface area contributed by atoms with Crippen molar-refractivity contribution in [2.24, 2.45) is 5.92 Å². The Labute approximate surface area is 186 Å². The van der Waals surface area contributed by atoms with Gasteiger partial charge in [-0.3, -0.25) is 9.69 Å². The Morgan fingerprint density at radius 3 is 2.65 bits per heavy atom. The van der Waals surface area contributed by atoms with Crippen LogP contribution >= 0.6 is 12.2 Å². The van der Waals surface area contributed by atoms with Crippen molar-refractivity contribution in [3.05, 3.63) is 60.7 Å². The average Bonchev–Trinajstić information content (AvgIpc) is 2.76. The minimum Gasteiger partial charge on any atom is -0.495 e. The molecule has 0 radical (unpaired) electrons. The number of ether oxygens (including phenoxy) is 4. The molecule has 2 bridgehead atoms. The number of hydrogen-bond donors (Lipinski definition) is 1. The molecule has 2 aromatic carbocycles. The summed E-state index contributed by atoms with van der Waals surface area (Å²) in [4.78, 5) is 15.0. The van der Waals surface area contributed by atoms with Crippen molar-refractivity contribution in [1.29, 1.82) is 0 Å². The quantitative estimate of drug-likeness (QED) is 0.415. The molecule has 0 aromatic heterocycles. The molecule has 1 fully saturated rings. The Morgan fingerprint density at radius 2 is 1.94 bits per heavy atom. The third-order valence-electron chi connectivity index (χ3n) is 5.63. The van der Waals surface area contributed by atoms with Gasteiger partial charge in [-0.1, -0.05) is 36.9 Å². The number of para-hydroxylation sites is 3. The molecule has 0 aliphatic carbocycles. The summed E-state index contributed by atoms with van der Waals surface area (Å²) in [5.41, 5.74) is 0.240. The van der Waals surface area contributed by atoms with E-state index >= 15 is 0 Å². The van der Waals surface area contributed by atoms with Crippen LogP contribution in [0.2, 0.25) is 0 Å². The topological polar surface area (TPSA) is 69.3 Å². The van der Waals surface area contributed by atoms with Crippen molar-refractivity contribution in [2.75, 3.05) is 25.7 Å². The number of esters is 1. The third-order valence-corrected chi connectivity index (χ3v) is 5.93. The molecule has 2 heterocycles. The Kier molecular flexibility index (Phi) is 5.49. The van der Waals surface area contributed by atoms with Gasteiger partial charge in [0.15, 0.2) is 16.6 Å². The second kappa shape index (κ2) is 8.11. The maximum atomic E-state index is 13.3. The van der Waals surface area contributed by atoms with E-state index in [1.807, 2.05) is 49.4 Å². The number of nitrogens with one attached hydrogen (secondary N) is 1. The fourth-order valence-electron chi connectivity index (χ4n) is 4.30. The number of thiocarbonyl (C=S) groups is 1. The second-order valence-corrected chi connectivity index (χ2v) is 7.75. The molecular formula is C23H24N2O5S. The van der Waals surface area contributed by atoms with E-state index in [9.17, 15) is 4.79 Å². The van der Waals surface area contributed by atoms with Gasteiger partial charge in [0.2, 0.25) is 5.72 Å².